The Morgan fingerprint density at radius 1 is 1.17 bits per heavy atom. The number of carbonyl (C=O) groups is 2. The van der Waals surface area contributed by atoms with Gasteiger partial charge in [-0.25, -0.2) is 0 Å². The number of halogens is 1. The summed E-state index contributed by atoms with van der Waals surface area (Å²) >= 11 is 6.04. The second-order valence-corrected chi connectivity index (χ2v) is 5.51. The fourth-order valence-electron chi connectivity index (χ4n) is 1.90. The molecule has 2 amide bonds. The highest BCUT2D eigenvalue weighted by Crippen LogP contribution is 2.20. The number of rotatable bonds is 5. The van der Waals surface area contributed by atoms with Gasteiger partial charge >= 0.3 is 0 Å². The van der Waals surface area contributed by atoms with Crippen LogP contribution in [0.4, 0.5) is 5.69 Å². The van der Waals surface area contributed by atoms with E-state index in [-0.39, 0.29) is 11.6 Å². The third kappa shape index (κ3) is 4.53. The summed E-state index contributed by atoms with van der Waals surface area (Å²) < 4.78 is 0. The van der Waals surface area contributed by atoms with Crippen molar-refractivity contribution >= 4 is 29.1 Å². The predicted molar refractivity (Wildman–Crippen MR) is 91.0 cm³/mol. The van der Waals surface area contributed by atoms with Gasteiger partial charge in [-0.3, -0.25) is 14.6 Å². The average Bonchev–Trinajstić information content (AvgIpc) is 2.56. The van der Waals surface area contributed by atoms with Crippen LogP contribution in [0, 0.1) is 6.92 Å². The van der Waals surface area contributed by atoms with E-state index in [4.69, 9.17) is 11.6 Å². The van der Waals surface area contributed by atoms with Gasteiger partial charge in [0.05, 0.1) is 0 Å². The molecule has 1 aromatic heterocycles. The summed E-state index contributed by atoms with van der Waals surface area (Å²) in [6.07, 6.45) is 2.29. The molecule has 2 aromatic rings. The molecule has 5 nitrogen and oxygen atoms in total. The lowest BCUT2D eigenvalue weighted by Crippen LogP contribution is -2.24. The van der Waals surface area contributed by atoms with Gasteiger partial charge in [-0.05, 0) is 43.2 Å². The van der Waals surface area contributed by atoms with Gasteiger partial charge < -0.3 is 10.6 Å². The average molecular weight is 332 g/mol. The van der Waals surface area contributed by atoms with Crippen molar-refractivity contribution in [3.8, 4) is 0 Å². The molecule has 1 heterocycles. The Balaban J connectivity index is 2.13. The lowest BCUT2D eigenvalue weighted by Gasteiger charge is -2.08. The molecule has 1 aromatic carbocycles. The number of anilines is 1. The van der Waals surface area contributed by atoms with Gasteiger partial charge in [0.1, 0.15) is 5.69 Å². The molecule has 6 heteroatoms. The van der Waals surface area contributed by atoms with Crippen LogP contribution in [-0.4, -0.2) is 23.3 Å². The number of pyridine rings is 1. The standard InChI is InChI=1S/C17H18ClN3O2/c1-3-7-20-16(22)12-6-8-19-15(9-12)17(23)21-13-5-4-11(2)14(18)10-13/h4-6,8-10H,3,7H2,1-2H3,(H,20,22)(H,21,23). The third-order valence-corrected chi connectivity index (χ3v) is 3.63. The number of benzene rings is 1. The molecule has 2 N–H and O–H groups in total. The Morgan fingerprint density at radius 3 is 2.65 bits per heavy atom. The van der Waals surface area contributed by atoms with E-state index in [0.717, 1.165) is 12.0 Å². The zero-order valence-electron chi connectivity index (χ0n) is 13.0. The number of nitrogens with one attached hydrogen (secondary N) is 2. The minimum atomic E-state index is -0.393. The fraction of sp³-hybridized carbons (Fsp3) is 0.235. The molecule has 0 aliphatic heterocycles. The first-order chi connectivity index (χ1) is 11.0. The van der Waals surface area contributed by atoms with Crippen molar-refractivity contribution in [2.75, 3.05) is 11.9 Å². The van der Waals surface area contributed by atoms with E-state index in [1.807, 2.05) is 19.9 Å². The molecule has 0 unspecified atom stereocenters. The maximum atomic E-state index is 12.3. The molecule has 0 fully saturated rings. The number of amides is 2. The van der Waals surface area contributed by atoms with Crippen molar-refractivity contribution < 1.29 is 9.59 Å². The van der Waals surface area contributed by atoms with Crippen LogP contribution in [0.3, 0.4) is 0 Å². The minimum Gasteiger partial charge on any atom is -0.352 e. The lowest BCUT2D eigenvalue weighted by atomic mass is 10.2. The first kappa shape index (κ1) is 17.0. The van der Waals surface area contributed by atoms with Crippen molar-refractivity contribution in [2.45, 2.75) is 20.3 Å². The number of hydrogen-bond donors (Lipinski definition) is 2. The van der Waals surface area contributed by atoms with Crippen LogP contribution in [0.1, 0.15) is 39.8 Å². The van der Waals surface area contributed by atoms with E-state index in [9.17, 15) is 9.59 Å². The zero-order valence-corrected chi connectivity index (χ0v) is 13.8. The molecule has 0 aliphatic carbocycles. The smallest absolute Gasteiger partial charge is 0.274 e. The largest absolute Gasteiger partial charge is 0.352 e. The maximum Gasteiger partial charge on any atom is 0.274 e. The van der Waals surface area contributed by atoms with Crippen LogP contribution in [0.25, 0.3) is 0 Å². The number of hydrogen-bond acceptors (Lipinski definition) is 3. The van der Waals surface area contributed by atoms with E-state index in [0.29, 0.717) is 22.8 Å². The van der Waals surface area contributed by atoms with Gasteiger partial charge in [-0.1, -0.05) is 24.6 Å². The van der Waals surface area contributed by atoms with Crippen molar-refractivity contribution in [1.29, 1.82) is 0 Å². The zero-order chi connectivity index (χ0) is 16.8. The monoisotopic (exact) mass is 331 g/mol. The Kier molecular flexibility index (Phi) is 5.71. The molecule has 0 atom stereocenters. The summed E-state index contributed by atoms with van der Waals surface area (Å²) in [5.41, 5.74) is 2.08. The second kappa shape index (κ2) is 7.74. The van der Waals surface area contributed by atoms with E-state index < -0.39 is 5.91 Å². The van der Waals surface area contributed by atoms with Gasteiger partial charge in [0.2, 0.25) is 0 Å². The van der Waals surface area contributed by atoms with Crippen LogP contribution in [-0.2, 0) is 0 Å². The molecule has 0 aliphatic rings. The van der Waals surface area contributed by atoms with Crippen LogP contribution in [0.15, 0.2) is 36.5 Å². The highest BCUT2D eigenvalue weighted by Gasteiger charge is 2.12. The Labute approximate surface area is 140 Å². The van der Waals surface area contributed by atoms with Gasteiger partial charge in [0, 0.05) is 29.0 Å². The number of carbonyl (C=O) groups excluding carboxylic acids is 2. The number of aromatic nitrogens is 1. The second-order valence-electron chi connectivity index (χ2n) is 5.10. The van der Waals surface area contributed by atoms with Crippen molar-refractivity contribution in [2.24, 2.45) is 0 Å². The Morgan fingerprint density at radius 2 is 1.96 bits per heavy atom. The lowest BCUT2D eigenvalue weighted by molar-refractivity contribution is 0.0953. The molecule has 120 valence electrons. The summed E-state index contributed by atoms with van der Waals surface area (Å²) in [6.45, 7) is 4.44. The molecule has 0 saturated heterocycles. The van der Waals surface area contributed by atoms with E-state index >= 15 is 0 Å². The van der Waals surface area contributed by atoms with Gasteiger partial charge in [0.15, 0.2) is 0 Å². The quantitative estimate of drug-likeness (QED) is 0.881. The van der Waals surface area contributed by atoms with Gasteiger partial charge in [-0.2, -0.15) is 0 Å². The summed E-state index contributed by atoms with van der Waals surface area (Å²) in [5, 5.41) is 6.05. The third-order valence-electron chi connectivity index (χ3n) is 3.22. The molecular weight excluding hydrogens is 314 g/mol. The van der Waals surface area contributed by atoms with Crippen molar-refractivity contribution in [3.05, 3.63) is 58.4 Å². The summed E-state index contributed by atoms with van der Waals surface area (Å²) in [4.78, 5) is 28.2. The molecule has 0 radical (unpaired) electrons. The van der Waals surface area contributed by atoms with Crippen LogP contribution >= 0.6 is 11.6 Å². The van der Waals surface area contributed by atoms with E-state index in [1.165, 1.54) is 12.3 Å². The topological polar surface area (TPSA) is 71.1 Å². The van der Waals surface area contributed by atoms with Crippen molar-refractivity contribution in [3.63, 3.8) is 0 Å². The molecule has 0 saturated carbocycles. The highest BCUT2D eigenvalue weighted by atomic mass is 35.5. The number of nitrogens with zero attached hydrogens (tertiary/aromatic N) is 1. The normalized spacial score (nSPS) is 10.2. The Bertz CT molecular complexity index is 732. The van der Waals surface area contributed by atoms with Crippen LogP contribution in [0.5, 0.6) is 0 Å². The minimum absolute atomic E-state index is 0.172. The fourth-order valence-corrected chi connectivity index (χ4v) is 2.08. The van der Waals surface area contributed by atoms with E-state index in [1.54, 1.807) is 18.2 Å². The molecule has 0 spiro atoms. The highest BCUT2D eigenvalue weighted by molar-refractivity contribution is 6.31. The molecule has 2 rings (SSSR count). The first-order valence-corrected chi connectivity index (χ1v) is 7.71. The van der Waals surface area contributed by atoms with E-state index in [2.05, 4.69) is 15.6 Å². The van der Waals surface area contributed by atoms with Gasteiger partial charge in [-0.15, -0.1) is 0 Å². The number of aryl methyl sites for hydroxylation is 1. The summed E-state index contributed by atoms with van der Waals surface area (Å²) in [5.74, 6) is -0.614. The SMILES string of the molecule is CCCNC(=O)c1ccnc(C(=O)Nc2ccc(C)c(Cl)c2)c1. The summed E-state index contributed by atoms with van der Waals surface area (Å²) in [6, 6.07) is 8.30. The molecule has 23 heavy (non-hydrogen) atoms. The first-order valence-electron chi connectivity index (χ1n) is 7.33. The van der Waals surface area contributed by atoms with Crippen LogP contribution < -0.4 is 10.6 Å². The van der Waals surface area contributed by atoms with Gasteiger partial charge in [0.25, 0.3) is 11.8 Å². The molecular formula is C17H18ClN3O2. The summed E-state index contributed by atoms with van der Waals surface area (Å²) in [7, 11) is 0. The van der Waals surface area contributed by atoms with Crippen molar-refractivity contribution in [1.82, 2.24) is 10.3 Å². The maximum absolute atomic E-state index is 12.3. The van der Waals surface area contributed by atoms with Crippen LogP contribution in [0.2, 0.25) is 5.02 Å². The molecule has 0 bridgehead atoms. The Hall–Kier alpha value is -2.40. The predicted octanol–water partition coefficient (Wildman–Crippen LogP) is 3.44.